The molecule has 0 aliphatic rings. The van der Waals surface area contributed by atoms with Gasteiger partial charge < -0.3 is 5.11 Å². The van der Waals surface area contributed by atoms with Gasteiger partial charge in [0.1, 0.15) is 6.04 Å². The van der Waals surface area contributed by atoms with Crippen molar-refractivity contribution in [1.82, 2.24) is 4.72 Å². The SMILES string of the molecule is CCCC[C@H](NS(=O)(=O)c1ccc(C(C)C)cc1)C(=O)O. The Morgan fingerprint density at radius 2 is 1.81 bits per heavy atom. The summed E-state index contributed by atoms with van der Waals surface area (Å²) in [5.74, 6) is -0.836. The van der Waals surface area contributed by atoms with E-state index < -0.39 is 22.0 Å². The van der Waals surface area contributed by atoms with Crippen molar-refractivity contribution in [2.45, 2.75) is 56.9 Å². The molecule has 0 spiro atoms. The third-order valence-electron chi connectivity index (χ3n) is 3.30. The fourth-order valence-electron chi connectivity index (χ4n) is 1.93. The second-order valence-corrected chi connectivity index (χ2v) is 7.09. The highest BCUT2D eigenvalue weighted by Crippen LogP contribution is 2.18. The number of hydrogen-bond acceptors (Lipinski definition) is 3. The van der Waals surface area contributed by atoms with E-state index in [4.69, 9.17) is 5.11 Å². The van der Waals surface area contributed by atoms with Gasteiger partial charge in [-0.3, -0.25) is 4.79 Å². The summed E-state index contributed by atoms with van der Waals surface area (Å²) in [5, 5.41) is 9.10. The Balaban J connectivity index is 2.91. The van der Waals surface area contributed by atoms with E-state index in [-0.39, 0.29) is 11.3 Å². The van der Waals surface area contributed by atoms with Gasteiger partial charge in [0.2, 0.25) is 10.0 Å². The van der Waals surface area contributed by atoms with Gasteiger partial charge in [-0.25, -0.2) is 8.42 Å². The Labute approximate surface area is 126 Å². The van der Waals surface area contributed by atoms with Crippen LogP contribution in [0, 0.1) is 0 Å². The molecule has 5 nitrogen and oxygen atoms in total. The third-order valence-corrected chi connectivity index (χ3v) is 4.79. The molecule has 0 fully saturated rings. The lowest BCUT2D eigenvalue weighted by molar-refractivity contribution is -0.139. The van der Waals surface area contributed by atoms with Crippen LogP contribution in [0.25, 0.3) is 0 Å². The second-order valence-electron chi connectivity index (χ2n) is 5.38. The first-order valence-electron chi connectivity index (χ1n) is 7.13. The summed E-state index contributed by atoms with van der Waals surface area (Å²) in [6.07, 6.45) is 1.76. The molecule has 0 saturated carbocycles. The molecule has 0 bridgehead atoms. The van der Waals surface area contributed by atoms with Crippen molar-refractivity contribution in [3.05, 3.63) is 29.8 Å². The van der Waals surface area contributed by atoms with Crippen molar-refractivity contribution < 1.29 is 18.3 Å². The van der Waals surface area contributed by atoms with Crippen LogP contribution in [-0.4, -0.2) is 25.5 Å². The molecular formula is C15H23NO4S. The number of carboxylic acids is 1. The minimum absolute atomic E-state index is 0.0923. The van der Waals surface area contributed by atoms with Crippen LogP contribution in [0.1, 0.15) is 51.5 Å². The van der Waals surface area contributed by atoms with E-state index in [1.54, 1.807) is 12.1 Å². The lowest BCUT2D eigenvalue weighted by atomic mass is 10.0. The fraction of sp³-hybridized carbons (Fsp3) is 0.533. The highest BCUT2D eigenvalue weighted by atomic mass is 32.2. The van der Waals surface area contributed by atoms with Crippen LogP contribution in [0.3, 0.4) is 0 Å². The van der Waals surface area contributed by atoms with E-state index in [0.717, 1.165) is 12.0 Å². The molecule has 0 radical (unpaired) electrons. The zero-order chi connectivity index (χ0) is 16.0. The van der Waals surface area contributed by atoms with Gasteiger partial charge in [0, 0.05) is 0 Å². The Kier molecular flexibility index (Phi) is 6.36. The fourth-order valence-corrected chi connectivity index (χ4v) is 3.15. The van der Waals surface area contributed by atoms with Gasteiger partial charge in [0.15, 0.2) is 0 Å². The molecule has 0 saturated heterocycles. The molecule has 0 unspecified atom stereocenters. The Bertz CT molecular complexity index is 564. The zero-order valence-corrected chi connectivity index (χ0v) is 13.5. The summed E-state index contributed by atoms with van der Waals surface area (Å²) in [5.41, 5.74) is 1.04. The maximum atomic E-state index is 12.2. The number of nitrogens with one attached hydrogen (secondary N) is 1. The predicted octanol–water partition coefficient (Wildman–Crippen LogP) is 2.73. The molecule has 0 heterocycles. The molecule has 1 atom stereocenters. The van der Waals surface area contributed by atoms with Gasteiger partial charge in [-0.2, -0.15) is 4.72 Å². The van der Waals surface area contributed by atoms with Gasteiger partial charge in [0.05, 0.1) is 4.90 Å². The molecule has 118 valence electrons. The first kappa shape index (κ1) is 17.7. The second kappa shape index (κ2) is 7.56. The number of hydrogen-bond donors (Lipinski definition) is 2. The molecule has 0 aromatic heterocycles. The average molecular weight is 313 g/mol. The quantitative estimate of drug-likeness (QED) is 0.773. The summed E-state index contributed by atoms with van der Waals surface area (Å²) in [4.78, 5) is 11.2. The Hall–Kier alpha value is -1.40. The molecule has 0 aliphatic carbocycles. The molecule has 2 N–H and O–H groups in total. The summed E-state index contributed by atoms with van der Waals surface area (Å²) < 4.78 is 26.7. The van der Waals surface area contributed by atoms with Gasteiger partial charge in [-0.1, -0.05) is 45.7 Å². The highest BCUT2D eigenvalue weighted by molar-refractivity contribution is 7.89. The molecule has 0 amide bonds. The van der Waals surface area contributed by atoms with Crippen LogP contribution in [0.5, 0.6) is 0 Å². The number of carbonyl (C=O) groups is 1. The van der Waals surface area contributed by atoms with E-state index >= 15 is 0 Å². The molecule has 1 aromatic rings. The minimum Gasteiger partial charge on any atom is -0.480 e. The van der Waals surface area contributed by atoms with Crippen molar-refractivity contribution in [3.8, 4) is 0 Å². The number of carboxylic acid groups (broad SMARTS) is 1. The predicted molar refractivity (Wildman–Crippen MR) is 81.8 cm³/mol. The number of unbranched alkanes of at least 4 members (excludes halogenated alkanes) is 1. The maximum absolute atomic E-state index is 12.2. The summed E-state index contributed by atoms with van der Waals surface area (Å²) >= 11 is 0. The van der Waals surface area contributed by atoms with E-state index in [1.807, 2.05) is 20.8 Å². The number of aliphatic carboxylic acids is 1. The van der Waals surface area contributed by atoms with E-state index in [2.05, 4.69) is 4.72 Å². The van der Waals surface area contributed by atoms with Crippen molar-refractivity contribution >= 4 is 16.0 Å². The monoisotopic (exact) mass is 313 g/mol. The van der Waals surface area contributed by atoms with Crippen molar-refractivity contribution in [3.63, 3.8) is 0 Å². The summed E-state index contributed by atoms with van der Waals surface area (Å²) in [7, 11) is -3.81. The number of sulfonamides is 1. The minimum atomic E-state index is -3.81. The summed E-state index contributed by atoms with van der Waals surface area (Å²) in [6, 6.07) is 5.44. The van der Waals surface area contributed by atoms with E-state index in [1.165, 1.54) is 12.1 Å². The average Bonchev–Trinajstić information content (AvgIpc) is 2.43. The third kappa shape index (κ3) is 5.13. The number of benzene rings is 1. The lowest BCUT2D eigenvalue weighted by Crippen LogP contribution is -2.40. The smallest absolute Gasteiger partial charge is 0.321 e. The topological polar surface area (TPSA) is 83.5 Å². The molecule has 1 rings (SSSR count). The first-order chi connectivity index (χ1) is 9.77. The van der Waals surface area contributed by atoms with E-state index in [0.29, 0.717) is 12.3 Å². The van der Waals surface area contributed by atoms with Crippen molar-refractivity contribution in [1.29, 1.82) is 0 Å². The van der Waals surface area contributed by atoms with Crippen LogP contribution in [-0.2, 0) is 14.8 Å². The van der Waals surface area contributed by atoms with Gasteiger partial charge in [0.25, 0.3) is 0 Å². The Morgan fingerprint density at radius 3 is 2.24 bits per heavy atom. The van der Waals surface area contributed by atoms with Crippen molar-refractivity contribution in [2.24, 2.45) is 0 Å². The molecular weight excluding hydrogens is 290 g/mol. The lowest BCUT2D eigenvalue weighted by Gasteiger charge is -2.15. The highest BCUT2D eigenvalue weighted by Gasteiger charge is 2.24. The summed E-state index contributed by atoms with van der Waals surface area (Å²) in [6.45, 7) is 5.97. The van der Waals surface area contributed by atoms with Crippen molar-refractivity contribution in [2.75, 3.05) is 0 Å². The van der Waals surface area contributed by atoms with Crippen LogP contribution >= 0.6 is 0 Å². The molecule has 21 heavy (non-hydrogen) atoms. The first-order valence-corrected chi connectivity index (χ1v) is 8.61. The van der Waals surface area contributed by atoms with Gasteiger partial charge in [-0.05, 0) is 30.0 Å². The van der Waals surface area contributed by atoms with Crippen LogP contribution < -0.4 is 4.72 Å². The van der Waals surface area contributed by atoms with Gasteiger partial charge >= 0.3 is 5.97 Å². The largest absolute Gasteiger partial charge is 0.480 e. The Morgan fingerprint density at radius 1 is 1.24 bits per heavy atom. The van der Waals surface area contributed by atoms with E-state index in [9.17, 15) is 13.2 Å². The standard InChI is InChI=1S/C15H23NO4S/c1-4-5-6-14(15(17)18)16-21(19,20)13-9-7-12(8-10-13)11(2)3/h7-11,14,16H,4-6H2,1-3H3,(H,17,18)/t14-/m0/s1. The number of rotatable bonds is 8. The van der Waals surface area contributed by atoms with Crippen LogP contribution in [0.4, 0.5) is 0 Å². The van der Waals surface area contributed by atoms with Crippen LogP contribution in [0.2, 0.25) is 0 Å². The molecule has 1 aromatic carbocycles. The maximum Gasteiger partial charge on any atom is 0.321 e. The molecule has 0 aliphatic heterocycles. The van der Waals surface area contributed by atoms with Crippen LogP contribution in [0.15, 0.2) is 29.2 Å². The normalized spacial score (nSPS) is 13.3. The van der Waals surface area contributed by atoms with Gasteiger partial charge in [-0.15, -0.1) is 0 Å². The zero-order valence-electron chi connectivity index (χ0n) is 12.7. The molecule has 6 heteroatoms.